The van der Waals surface area contributed by atoms with E-state index in [1.54, 1.807) is 0 Å². The molecule has 15 nitrogen and oxygen atoms in total. The fourth-order valence-electron chi connectivity index (χ4n) is 21.1. The second-order valence-corrected chi connectivity index (χ2v) is 36.7. The van der Waals surface area contributed by atoms with Gasteiger partial charge in [0.25, 0.3) is 0 Å². The summed E-state index contributed by atoms with van der Waals surface area (Å²) in [5.74, 6) is 3.68. The monoisotopic (exact) mass is 1870 g/mol. The molecule has 0 fully saturated rings. The first-order valence-electron chi connectivity index (χ1n) is 49.3. The highest BCUT2D eigenvalue weighted by Crippen LogP contribution is 2.46. The molecular formula is C131H87N15. The average molecular weight is 1870 g/mol. The van der Waals surface area contributed by atoms with Crippen LogP contribution in [-0.2, 0) is 6.54 Å². The molecule has 0 radical (unpaired) electrons. The highest BCUT2D eigenvalue weighted by atomic mass is 15.1. The SMILES string of the molecule is CCn1c(-c2ccc(-c3nc4ccccc4c4ccc5c(nc(-c6ccccc6)n5-c5ccccc5)c34)cc2)nc2ccccc21.c1ccc(-c2cn3cc(-c4ccc(-c5nc6ccccc6c6ccc7c(nc(-c8ccccc8)n7-c7ccccc7)c56)cc4)ccc3n2)cc1.c1ccc(-c2cn3ccc(-c4ccc(-c5nc6ccccc6c6ccc7c(nc(-c8ccccc8)n7-c7ccccc7)c56)cc4)cc3n2)cc1. The van der Waals surface area contributed by atoms with E-state index >= 15 is 0 Å². The van der Waals surface area contributed by atoms with E-state index in [2.05, 4.69) is 453 Å². The summed E-state index contributed by atoms with van der Waals surface area (Å²) in [6, 6.07) is 165. The number of rotatable bonds is 15. The van der Waals surface area contributed by atoms with Gasteiger partial charge in [0.15, 0.2) is 0 Å². The molecule has 0 saturated heterocycles. The highest BCUT2D eigenvalue weighted by Gasteiger charge is 2.27. The van der Waals surface area contributed by atoms with Crippen LogP contribution in [0.4, 0.5) is 0 Å². The van der Waals surface area contributed by atoms with E-state index in [9.17, 15) is 0 Å². The van der Waals surface area contributed by atoms with Crippen molar-refractivity contribution in [2.24, 2.45) is 0 Å². The van der Waals surface area contributed by atoms with E-state index in [1.807, 2.05) is 78.9 Å². The molecule has 0 aliphatic rings. The molecule has 0 spiro atoms. The van der Waals surface area contributed by atoms with Gasteiger partial charge in [-0.1, -0.05) is 364 Å². The molecule has 0 aliphatic heterocycles. The number of fused-ring (bicyclic) bond motifs is 18. The minimum atomic E-state index is 0.847. The Morgan fingerprint density at radius 1 is 0.192 bits per heavy atom. The van der Waals surface area contributed by atoms with Gasteiger partial charge in [-0.2, -0.15) is 0 Å². The lowest BCUT2D eigenvalue weighted by Gasteiger charge is -2.13. The first-order chi connectivity index (χ1) is 72.3. The van der Waals surface area contributed by atoms with E-state index < -0.39 is 0 Å². The van der Waals surface area contributed by atoms with E-state index in [0.29, 0.717) is 0 Å². The lowest BCUT2D eigenvalue weighted by molar-refractivity contribution is 0.796. The standard InChI is InChI=1S/2C45H29N5.C41H29N5/c1-4-12-31(13-5-1)39-29-49-28-34(24-27-41(49)46-39)30-20-22-32(23-21-30)43-42-37(36-18-10-11-19-38(36)47-43)25-26-40-44(42)48-45(33-14-6-2-7-15-33)50(40)35-16-8-3-9-17-35;1-4-12-31(13-5-1)39-29-49-27-26-34(28-41(49)46-39)30-20-22-32(23-21-30)43-42-37(36-18-10-11-19-38(36)47-43)24-25-40-44(42)48-45(33-14-6-2-7-15-33)50(40)35-16-8-3-9-17-35;1-2-45-35-20-12-11-19-34(35)43-40(45)29-23-21-27(22-24-29)38-37-32(31-17-9-10-18-33(31)42-38)25-26-36-39(37)44-41(28-13-5-3-6-14-28)46(36)30-15-7-4-8-16-30/h2*1-29H;3-26H,2H2,1H3. The largest absolute Gasteiger partial charge is 0.324 e. The zero-order chi connectivity index (χ0) is 96.7. The predicted molar refractivity (Wildman–Crippen MR) is 598 cm³/mol. The van der Waals surface area contributed by atoms with Crippen LogP contribution < -0.4 is 0 Å². The number of benzene rings is 18. The van der Waals surface area contributed by atoms with Gasteiger partial charge < -0.3 is 13.4 Å². The van der Waals surface area contributed by atoms with Crippen LogP contribution in [0.3, 0.4) is 0 Å². The molecule has 11 heterocycles. The lowest BCUT2D eigenvalue weighted by Crippen LogP contribution is -1.97. The van der Waals surface area contributed by atoms with Crippen LogP contribution in [-0.4, -0.2) is 71.9 Å². The van der Waals surface area contributed by atoms with Gasteiger partial charge in [0.05, 0.1) is 89.2 Å². The molecule has 0 saturated carbocycles. The number of hydrogen-bond donors (Lipinski definition) is 0. The average Bonchev–Trinajstić information content (AvgIpc) is 1.55. The zero-order valence-corrected chi connectivity index (χ0v) is 79.3. The van der Waals surface area contributed by atoms with Crippen LogP contribution >= 0.6 is 0 Å². The molecule has 0 aliphatic carbocycles. The number of pyridine rings is 5. The number of aromatic nitrogens is 15. The molecule has 0 bridgehead atoms. The Kier molecular flexibility index (Phi) is 21.1. The summed E-state index contributed by atoms with van der Waals surface area (Å²) in [6.07, 6.45) is 8.41. The Balaban J connectivity index is 0.000000109. The second-order valence-electron chi connectivity index (χ2n) is 36.7. The summed E-state index contributed by atoms with van der Waals surface area (Å²) in [6.45, 7) is 3.01. The van der Waals surface area contributed by atoms with Gasteiger partial charge in [-0.25, -0.2) is 44.9 Å². The van der Waals surface area contributed by atoms with Crippen molar-refractivity contribution in [1.82, 2.24) is 71.9 Å². The number of imidazole rings is 6. The van der Waals surface area contributed by atoms with E-state index in [-0.39, 0.29) is 0 Å². The molecule has 0 amide bonds. The number of aryl methyl sites for hydroxylation is 1. The van der Waals surface area contributed by atoms with Crippen LogP contribution in [0.2, 0.25) is 0 Å². The molecule has 15 heteroatoms. The maximum Gasteiger partial charge on any atom is 0.145 e. The van der Waals surface area contributed by atoms with Crippen molar-refractivity contribution in [3.05, 3.63) is 498 Å². The fourth-order valence-corrected chi connectivity index (χ4v) is 21.1. The van der Waals surface area contributed by atoms with Gasteiger partial charge in [-0.3, -0.25) is 13.7 Å². The van der Waals surface area contributed by atoms with Gasteiger partial charge in [0.1, 0.15) is 34.6 Å². The molecule has 146 heavy (non-hydrogen) atoms. The minimum absolute atomic E-state index is 0.847. The van der Waals surface area contributed by atoms with Crippen LogP contribution in [0.15, 0.2) is 498 Å². The predicted octanol–water partition coefficient (Wildman–Crippen LogP) is 32.2. The maximum atomic E-state index is 5.41. The fraction of sp³-hybridized carbons (Fsp3) is 0.0153. The van der Waals surface area contributed by atoms with Crippen molar-refractivity contribution in [2.75, 3.05) is 0 Å². The molecule has 0 atom stereocenters. The Hall–Kier alpha value is -19.8. The smallest absolute Gasteiger partial charge is 0.145 e. The molecule has 686 valence electrons. The minimum Gasteiger partial charge on any atom is -0.324 e. The van der Waals surface area contributed by atoms with Crippen molar-refractivity contribution in [3.63, 3.8) is 0 Å². The molecular weight excluding hydrogens is 1780 g/mol. The summed E-state index contributed by atoms with van der Waals surface area (Å²) < 4.78 is 13.3. The Labute approximate surface area is 839 Å². The van der Waals surface area contributed by atoms with Gasteiger partial charge in [-0.15, -0.1) is 0 Å². The second kappa shape index (κ2) is 36.1. The maximum absolute atomic E-state index is 5.41. The summed E-state index contributed by atoms with van der Waals surface area (Å²) in [5.41, 5.74) is 34.8. The summed E-state index contributed by atoms with van der Waals surface area (Å²) in [5, 5.41) is 9.91. The molecule has 18 aromatic carbocycles. The van der Waals surface area contributed by atoms with Crippen molar-refractivity contribution in [1.29, 1.82) is 0 Å². The lowest BCUT2D eigenvalue weighted by atomic mass is 9.97. The third-order valence-electron chi connectivity index (χ3n) is 28.0. The third-order valence-corrected chi connectivity index (χ3v) is 28.0. The van der Waals surface area contributed by atoms with Gasteiger partial charge >= 0.3 is 0 Å². The highest BCUT2D eigenvalue weighted by molar-refractivity contribution is 6.23. The Morgan fingerprint density at radius 3 is 0.904 bits per heavy atom. The molecule has 11 aromatic heterocycles. The third kappa shape index (κ3) is 15.1. The molecule has 29 rings (SSSR count). The Morgan fingerprint density at radius 2 is 0.507 bits per heavy atom. The molecule has 29 aromatic rings. The van der Waals surface area contributed by atoms with Crippen molar-refractivity contribution in [3.8, 4) is 141 Å². The quantitative estimate of drug-likeness (QED) is 0.0916. The normalized spacial score (nSPS) is 11.6. The van der Waals surface area contributed by atoms with Crippen LogP contribution in [0.1, 0.15) is 6.92 Å². The van der Waals surface area contributed by atoms with Gasteiger partial charge in [-0.05, 0) is 155 Å². The topological polar surface area (TPSA) is 145 Å². The van der Waals surface area contributed by atoms with Crippen LogP contribution in [0, 0.1) is 0 Å². The van der Waals surface area contributed by atoms with Crippen molar-refractivity contribution >= 4 is 120 Å². The van der Waals surface area contributed by atoms with Gasteiger partial charge in [0.2, 0.25) is 0 Å². The number of para-hydroxylation sites is 8. The van der Waals surface area contributed by atoms with Crippen LogP contribution in [0.5, 0.6) is 0 Å². The zero-order valence-electron chi connectivity index (χ0n) is 79.3. The van der Waals surface area contributed by atoms with E-state index in [4.69, 9.17) is 44.9 Å². The summed E-state index contributed by atoms with van der Waals surface area (Å²) >= 11 is 0. The van der Waals surface area contributed by atoms with Crippen LogP contribution in [0.25, 0.3) is 262 Å². The number of hydrogen-bond acceptors (Lipinski definition) is 9. The first kappa shape index (κ1) is 85.4. The number of nitrogens with zero attached hydrogens (tertiary/aromatic N) is 15. The van der Waals surface area contributed by atoms with Crippen molar-refractivity contribution < 1.29 is 0 Å². The first-order valence-corrected chi connectivity index (χ1v) is 49.3. The van der Waals surface area contributed by atoms with Gasteiger partial charge in [0, 0.05) is 131 Å². The Bertz CT molecular complexity index is 9650. The molecule has 0 N–H and O–H groups in total. The van der Waals surface area contributed by atoms with Crippen molar-refractivity contribution in [2.45, 2.75) is 13.5 Å². The molecule has 0 unspecified atom stereocenters. The summed E-state index contributed by atoms with van der Waals surface area (Å²) in [4.78, 5) is 46.9. The van der Waals surface area contributed by atoms with E-state index in [1.165, 1.54) is 0 Å². The summed E-state index contributed by atoms with van der Waals surface area (Å²) in [7, 11) is 0. The van der Waals surface area contributed by atoms with E-state index in [0.717, 1.165) is 268 Å².